The minimum absolute atomic E-state index is 0.00487. The molecule has 1 heterocycles. The minimum atomic E-state index is -0.193. The van der Waals surface area contributed by atoms with Crippen LogP contribution in [0.5, 0.6) is 0 Å². The lowest BCUT2D eigenvalue weighted by Crippen LogP contribution is -2.41. The van der Waals surface area contributed by atoms with Gasteiger partial charge in [0.2, 0.25) is 5.91 Å². The zero-order chi connectivity index (χ0) is 13.1. The van der Waals surface area contributed by atoms with Crippen molar-refractivity contribution in [1.29, 1.82) is 0 Å². The maximum absolute atomic E-state index is 11.6. The van der Waals surface area contributed by atoms with Crippen molar-refractivity contribution in [2.75, 3.05) is 5.75 Å². The van der Waals surface area contributed by atoms with Crippen LogP contribution in [0.2, 0.25) is 0 Å². The number of carbonyl (C=O) groups is 1. The molecule has 0 aliphatic heterocycles. The quantitative estimate of drug-likeness (QED) is 0.662. The molecule has 0 spiro atoms. The molecule has 17 heavy (non-hydrogen) atoms. The summed E-state index contributed by atoms with van der Waals surface area (Å²) in [5.74, 6) is 0.352. The van der Waals surface area contributed by atoms with Crippen LogP contribution in [0.25, 0.3) is 0 Å². The van der Waals surface area contributed by atoms with Crippen LogP contribution < -0.4 is 5.32 Å². The van der Waals surface area contributed by atoms with Crippen LogP contribution in [-0.2, 0) is 4.79 Å². The fraction of sp³-hybridized carbons (Fsp3) is 0.583. The Kier molecular flexibility index (Phi) is 4.51. The normalized spacial score (nSPS) is 11.4. The first-order valence-electron chi connectivity index (χ1n) is 5.52. The summed E-state index contributed by atoms with van der Waals surface area (Å²) in [6.07, 6.45) is 0. The van der Waals surface area contributed by atoms with Crippen LogP contribution in [0.4, 0.5) is 0 Å². The van der Waals surface area contributed by atoms with E-state index in [4.69, 9.17) is 0 Å². The van der Waals surface area contributed by atoms with E-state index in [0.717, 1.165) is 11.4 Å². The van der Waals surface area contributed by atoms with E-state index >= 15 is 0 Å². The first-order valence-corrected chi connectivity index (χ1v) is 6.51. The Labute approximate surface area is 107 Å². The van der Waals surface area contributed by atoms with Crippen molar-refractivity contribution in [3.05, 3.63) is 17.5 Å². The van der Waals surface area contributed by atoms with Gasteiger partial charge in [-0.15, -0.1) is 0 Å². The van der Waals surface area contributed by atoms with Gasteiger partial charge in [-0.3, -0.25) is 4.79 Å². The number of nitrogens with one attached hydrogen (secondary N) is 1. The van der Waals surface area contributed by atoms with Gasteiger partial charge in [-0.05, 0) is 40.7 Å². The Bertz CT molecular complexity index is 392. The van der Waals surface area contributed by atoms with Gasteiger partial charge in [0, 0.05) is 16.9 Å². The molecule has 0 aliphatic carbocycles. The summed E-state index contributed by atoms with van der Waals surface area (Å²) in [5, 5.41) is 3.56. The molecule has 1 aromatic heterocycles. The molecule has 5 heteroatoms. The molecule has 94 valence electrons. The molecule has 0 fully saturated rings. The van der Waals surface area contributed by atoms with Crippen molar-refractivity contribution in [3.63, 3.8) is 0 Å². The Morgan fingerprint density at radius 1 is 1.29 bits per heavy atom. The molecule has 0 atom stereocenters. The van der Waals surface area contributed by atoms with E-state index in [1.807, 2.05) is 40.7 Å². The second kappa shape index (κ2) is 5.49. The molecule has 1 N–H and O–H groups in total. The summed E-state index contributed by atoms with van der Waals surface area (Å²) in [4.78, 5) is 20.2. The van der Waals surface area contributed by atoms with Crippen molar-refractivity contribution >= 4 is 17.7 Å². The molecular formula is C12H19N3OS. The lowest BCUT2D eigenvalue weighted by molar-refractivity contribution is -0.119. The first kappa shape index (κ1) is 14.0. The van der Waals surface area contributed by atoms with Crippen LogP contribution >= 0.6 is 11.8 Å². The Morgan fingerprint density at radius 2 is 1.82 bits per heavy atom. The van der Waals surface area contributed by atoms with Gasteiger partial charge in [0.05, 0.1) is 5.75 Å². The van der Waals surface area contributed by atoms with Crippen molar-refractivity contribution < 1.29 is 4.79 Å². The first-order chi connectivity index (χ1) is 7.76. The van der Waals surface area contributed by atoms with E-state index in [-0.39, 0.29) is 11.4 Å². The van der Waals surface area contributed by atoms with Gasteiger partial charge in [-0.25, -0.2) is 9.97 Å². The van der Waals surface area contributed by atoms with Crippen molar-refractivity contribution in [2.24, 2.45) is 0 Å². The van der Waals surface area contributed by atoms with Gasteiger partial charge in [0.25, 0.3) is 0 Å². The molecule has 1 amide bonds. The summed E-state index contributed by atoms with van der Waals surface area (Å²) >= 11 is 1.36. The Hall–Kier alpha value is -1.10. The second-order valence-electron chi connectivity index (χ2n) is 5.02. The smallest absolute Gasteiger partial charge is 0.230 e. The molecule has 1 aromatic rings. The number of hydrogen-bond acceptors (Lipinski definition) is 4. The zero-order valence-corrected chi connectivity index (χ0v) is 11.8. The summed E-state index contributed by atoms with van der Waals surface area (Å²) in [5.41, 5.74) is 1.66. The number of rotatable bonds is 3. The lowest BCUT2D eigenvalue weighted by atomic mass is 10.1. The molecule has 0 saturated carbocycles. The number of hydrogen-bond donors (Lipinski definition) is 1. The average Bonchev–Trinajstić information content (AvgIpc) is 2.10. The van der Waals surface area contributed by atoms with E-state index in [1.54, 1.807) is 0 Å². The second-order valence-corrected chi connectivity index (χ2v) is 5.96. The van der Waals surface area contributed by atoms with Gasteiger partial charge in [0.15, 0.2) is 5.16 Å². The van der Waals surface area contributed by atoms with E-state index in [9.17, 15) is 4.79 Å². The van der Waals surface area contributed by atoms with Gasteiger partial charge in [-0.1, -0.05) is 11.8 Å². The third-order valence-corrected chi connectivity index (χ3v) is 2.66. The molecule has 0 radical (unpaired) electrons. The highest BCUT2D eigenvalue weighted by atomic mass is 32.2. The van der Waals surface area contributed by atoms with Gasteiger partial charge in [-0.2, -0.15) is 0 Å². The third kappa shape index (κ3) is 5.68. The average molecular weight is 253 g/mol. The van der Waals surface area contributed by atoms with Crippen LogP contribution in [0.1, 0.15) is 32.2 Å². The summed E-state index contributed by atoms with van der Waals surface area (Å²) in [6, 6.07) is 1.92. The molecule has 0 unspecified atom stereocenters. The van der Waals surface area contributed by atoms with Gasteiger partial charge in [0.1, 0.15) is 0 Å². The van der Waals surface area contributed by atoms with Crippen molar-refractivity contribution in [2.45, 2.75) is 45.3 Å². The molecule has 0 aliphatic rings. The summed E-state index contributed by atoms with van der Waals surface area (Å²) in [6.45, 7) is 9.73. The monoisotopic (exact) mass is 253 g/mol. The predicted octanol–water partition coefficient (Wildman–Crippen LogP) is 2.10. The van der Waals surface area contributed by atoms with Crippen molar-refractivity contribution in [3.8, 4) is 0 Å². The molecule has 0 saturated heterocycles. The highest BCUT2D eigenvalue weighted by molar-refractivity contribution is 7.99. The van der Waals surface area contributed by atoms with E-state index in [1.165, 1.54) is 11.8 Å². The lowest BCUT2D eigenvalue weighted by Gasteiger charge is -2.20. The zero-order valence-electron chi connectivity index (χ0n) is 11.0. The van der Waals surface area contributed by atoms with E-state index < -0.39 is 0 Å². The third-order valence-electron chi connectivity index (χ3n) is 1.81. The molecule has 0 aromatic carbocycles. The van der Waals surface area contributed by atoms with Crippen LogP contribution in [0.3, 0.4) is 0 Å². The minimum Gasteiger partial charge on any atom is -0.351 e. The van der Waals surface area contributed by atoms with E-state index in [0.29, 0.717) is 10.9 Å². The summed E-state index contributed by atoms with van der Waals surface area (Å²) in [7, 11) is 0. The van der Waals surface area contributed by atoms with Crippen LogP contribution in [-0.4, -0.2) is 27.2 Å². The highest BCUT2D eigenvalue weighted by Crippen LogP contribution is 2.14. The van der Waals surface area contributed by atoms with Crippen LogP contribution in [0.15, 0.2) is 11.2 Å². The largest absolute Gasteiger partial charge is 0.351 e. The molecule has 0 bridgehead atoms. The summed E-state index contributed by atoms with van der Waals surface area (Å²) < 4.78 is 0. The van der Waals surface area contributed by atoms with Crippen molar-refractivity contribution in [1.82, 2.24) is 15.3 Å². The van der Waals surface area contributed by atoms with Gasteiger partial charge >= 0.3 is 0 Å². The maximum atomic E-state index is 11.6. The number of aryl methyl sites for hydroxylation is 2. The number of aromatic nitrogens is 2. The number of nitrogens with zero attached hydrogens (tertiary/aromatic N) is 2. The van der Waals surface area contributed by atoms with Crippen LogP contribution in [0, 0.1) is 13.8 Å². The molecule has 1 rings (SSSR count). The standard InChI is InChI=1S/C12H19N3OS/c1-8-6-9(2)14-11(13-8)17-7-10(16)15-12(3,4)5/h6H,7H2,1-5H3,(H,15,16). The SMILES string of the molecule is Cc1cc(C)nc(SCC(=O)NC(C)(C)C)n1. The predicted molar refractivity (Wildman–Crippen MR) is 70.1 cm³/mol. The fourth-order valence-electron chi connectivity index (χ4n) is 1.34. The Morgan fingerprint density at radius 3 is 2.29 bits per heavy atom. The topological polar surface area (TPSA) is 54.9 Å². The number of carbonyl (C=O) groups excluding carboxylic acids is 1. The van der Waals surface area contributed by atoms with E-state index in [2.05, 4.69) is 15.3 Å². The number of thioether (sulfide) groups is 1. The molecular weight excluding hydrogens is 234 g/mol. The molecule has 4 nitrogen and oxygen atoms in total. The number of amides is 1. The highest BCUT2D eigenvalue weighted by Gasteiger charge is 2.14. The fourth-order valence-corrected chi connectivity index (χ4v) is 2.09. The maximum Gasteiger partial charge on any atom is 0.230 e. The Balaban J connectivity index is 2.53. The van der Waals surface area contributed by atoms with Gasteiger partial charge < -0.3 is 5.32 Å².